The van der Waals surface area contributed by atoms with Crippen LogP contribution in [0.4, 0.5) is 0 Å². The van der Waals surface area contributed by atoms with Crippen LogP contribution in [-0.4, -0.2) is 21.4 Å². The van der Waals surface area contributed by atoms with Gasteiger partial charge in [0.2, 0.25) is 0 Å². The van der Waals surface area contributed by atoms with Crippen LogP contribution in [0.3, 0.4) is 0 Å². The molecule has 0 saturated carbocycles. The third kappa shape index (κ3) is 3.32. The van der Waals surface area contributed by atoms with Gasteiger partial charge in [0, 0.05) is 12.6 Å². The Hall–Kier alpha value is -1.88. The molecule has 0 unspecified atom stereocenters. The van der Waals surface area contributed by atoms with E-state index < -0.39 is 0 Å². The Balaban J connectivity index is 2.10. The number of hydrogen-bond acceptors (Lipinski definition) is 4. The van der Waals surface area contributed by atoms with Crippen molar-refractivity contribution in [3.8, 4) is 17.1 Å². The van der Waals surface area contributed by atoms with E-state index in [1.807, 2.05) is 31.3 Å². The average Bonchev–Trinajstić information content (AvgIpc) is 2.81. The van der Waals surface area contributed by atoms with E-state index in [0.29, 0.717) is 12.4 Å². The predicted molar refractivity (Wildman–Crippen MR) is 74.7 cm³/mol. The van der Waals surface area contributed by atoms with Crippen molar-refractivity contribution in [2.75, 3.05) is 6.61 Å². The lowest BCUT2D eigenvalue weighted by atomic mass is 10.2. The first-order chi connectivity index (χ1) is 9.24. The van der Waals surface area contributed by atoms with E-state index in [0.717, 1.165) is 36.6 Å². The fourth-order valence-electron chi connectivity index (χ4n) is 1.81. The first-order valence-electron chi connectivity index (χ1n) is 6.57. The number of aryl methyl sites for hydroxylation is 1. The lowest BCUT2D eigenvalue weighted by molar-refractivity contribution is 0.309. The summed E-state index contributed by atoms with van der Waals surface area (Å²) in [5.74, 6) is 2.36. The van der Waals surface area contributed by atoms with Crippen LogP contribution in [0.1, 0.15) is 25.6 Å². The second-order valence-electron chi connectivity index (χ2n) is 4.41. The van der Waals surface area contributed by atoms with E-state index in [2.05, 4.69) is 17.0 Å². The summed E-state index contributed by atoms with van der Waals surface area (Å²) in [5.41, 5.74) is 6.56. The van der Waals surface area contributed by atoms with Crippen LogP contribution in [0.5, 0.6) is 5.75 Å². The van der Waals surface area contributed by atoms with Crippen LogP contribution in [0, 0.1) is 0 Å². The van der Waals surface area contributed by atoms with E-state index in [9.17, 15) is 0 Å². The van der Waals surface area contributed by atoms with Crippen LogP contribution in [0.2, 0.25) is 0 Å². The van der Waals surface area contributed by atoms with Crippen LogP contribution < -0.4 is 10.5 Å². The smallest absolute Gasteiger partial charge is 0.164 e. The zero-order valence-electron chi connectivity index (χ0n) is 11.5. The maximum atomic E-state index is 5.63. The van der Waals surface area contributed by atoms with Gasteiger partial charge in [-0.05, 0) is 30.7 Å². The Morgan fingerprint density at radius 1 is 1.26 bits per heavy atom. The van der Waals surface area contributed by atoms with Gasteiger partial charge in [-0.25, -0.2) is 9.67 Å². The Kier molecular flexibility index (Phi) is 4.52. The molecule has 1 aromatic heterocycles. The van der Waals surface area contributed by atoms with Crippen LogP contribution in [-0.2, 0) is 13.6 Å². The summed E-state index contributed by atoms with van der Waals surface area (Å²) in [7, 11) is 1.87. The molecule has 0 radical (unpaired) electrons. The van der Waals surface area contributed by atoms with E-state index in [4.69, 9.17) is 10.5 Å². The molecule has 1 heterocycles. The van der Waals surface area contributed by atoms with Crippen molar-refractivity contribution in [3.63, 3.8) is 0 Å². The van der Waals surface area contributed by atoms with Gasteiger partial charge >= 0.3 is 0 Å². The number of nitrogens with two attached hydrogens (primary N) is 1. The standard InChI is InChI=1S/C14H20N4O/c1-3-4-9-19-12-7-5-11(6-8-12)14-16-13(10-15)17-18(14)2/h5-8H,3-4,9-10,15H2,1-2H3. The quantitative estimate of drug-likeness (QED) is 0.808. The molecule has 1 aromatic carbocycles. The van der Waals surface area contributed by atoms with Gasteiger partial charge in [-0.1, -0.05) is 13.3 Å². The molecule has 2 rings (SSSR count). The average molecular weight is 260 g/mol. The lowest BCUT2D eigenvalue weighted by Gasteiger charge is -2.06. The zero-order chi connectivity index (χ0) is 13.7. The minimum atomic E-state index is 0.353. The van der Waals surface area contributed by atoms with Gasteiger partial charge < -0.3 is 10.5 Å². The van der Waals surface area contributed by atoms with E-state index >= 15 is 0 Å². The number of ether oxygens (including phenoxy) is 1. The fourth-order valence-corrected chi connectivity index (χ4v) is 1.81. The van der Waals surface area contributed by atoms with Crippen molar-refractivity contribution in [1.29, 1.82) is 0 Å². The molecular weight excluding hydrogens is 240 g/mol. The van der Waals surface area contributed by atoms with Crippen molar-refractivity contribution < 1.29 is 4.74 Å². The Morgan fingerprint density at radius 2 is 2.00 bits per heavy atom. The molecule has 0 aliphatic rings. The summed E-state index contributed by atoms with van der Waals surface area (Å²) in [5, 5.41) is 4.24. The summed E-state index contributed by atoms with van der Waals surface area (Å²) in [6.45, 7) is 3.26. The predicted octanol–water partition coefficient (Wildman–Crippen LogP) is 2.12. The second kappa shape index (κ2) is 6.33. The summed E-state index contributed by atoms with van der Waals surface area (Å²) in [6.07, 6.45) is 2.21. The number of benzene rings is 1. The summed E-state index contributed by atoms with van der Waals surface area (Å²) in [6, 6.07) is 7.90. The highest BCUT2D eigenvalue weighted by atomic mass is 16.5. The number of rotatable bonds is 6. The van der Waals surface area contributed by atoms with Gasteiger partial charge in [0.25, 0.3) is 0 Å². The highest BCUT2D eigenvalue weighted by Crippen LogP contribution is 2.20. The zero-order valence-corrected chi connectivity index (χ0v) is 11.5. The van der Waals surface area contributed by atoms with Crippen molar-refractivity contribution in [1.82, 2.24) is 14.8 Å². The molecule has 2 aromatic rings. The highest BCUT2D eigenvalue weighted by Gasteiger charge is 2.08. The van der Waals surface area contributed by atoms with Crippen molar-refractivity contribution in [2.24, 2.45) is 12.8 Å². The van der Waals surface area contributed by atoms with Gasteiger partial charge in [0.05, 0.1) is 13.2 Å². The molecule has 5 nitrogen and oxygen atoms in total. The van der Waals surface area contributed by atoms with Crippen molar-refractivity contribution in [2.45, 2.75) is 26.3 Å². The third-order valence-electron chi connectivity index (χ3n) is 2.87. The maximum absolute atomic E-state index is 5.63. The molecular formula is C14H20N4O. The topological polar surface area (TPSA) is 66.0 Å². The minimum Gasteiger partial charge on any atom is -0.494 e. The van der Waals surface area contributed by atoms with E-state index in [1.54, 1.807) is 4.68 Å². The first kappa shape index (κ1) is 13.5. The highest BCUT2D eigenvalue weighted by molar-refractivity contribution is 5.56. The maximum Gasteiger partial charge on any atom is 0.164 e. The Morgan fingerprint density at radius 3 is 2.58 bits per heavy atom. The van der Waals surface area contributed by atoms with Gasteiger partial charge in [0.1, 0.15) is 5.75 Å². The summed E-state index contributed by atoms with van der Waals surface area (Å²) >= 11 is 0. The molecule has 0 aliphatic carbocycles. The number of hydrogen-bond donors (Lipinski definition) is 1. The third-order valence-corrected chi connectivity index (χ3v) is 2.87. The molecule has 0 atom stereocenters. The van der Waals surface area contributed by atoms with E-state index in [1.165, 1.54) is 0 Å². The van der Waals surface area contributed by atoms with Crippen molar-refractivity contribution in [3.05, 3.63) is 30.1 Å². The van der Waals surface area contributed by atoms with Gasteiger partial charge in [-0.3, -0.25) is 0 Å². The number of aromatic nitrogens is 3. The molecule has 5 heteroatoms. The number of unbranched alkanes of at least 4 members (excludes halogenated alkanes) is 1. The Labute approximate surface area is 113 Å². The van der Waals surface area contributed by atoms with Crippen LogP contribution >= 0.6 is 0 Å². The molecule has 0 aliphatic heterocycles. The molecule has 102 valence electrons. The molecule has 19 heavy (non-hydrogen) atoms. The summed E-state index contributed by atoms with van der Waals surface area (Å²) in [4.78, 5) is 4.39. The molecule has 2 N–H and O–H groups in total. The molecule has 0 saturated heterocycles. The second-order valence-corrected chi connectivity index (χ2v) is 4.41. The first-order valence-corrected chi connectivity index (χ1v) is 6.57. The molecule has 0 bridgehead atoms. The van der Waals surface area contributed by atoms with Gasteiger partial charge in [-0.15, -0.1) is 0 Å². The SMILES string of the molecule is CCCCOc1ccc(-c2nc(CN)nn2C)cc1. The molecule has 0 spiro atoms. The van der Waals surface area contributed by atoms with E-state index in [-0.39, 0.29) is 0 Å². The van der Waals surface area contributed by atoms with Crippen LogP contribution in [0.25, 0.3) is 11.4 Å². The summed E-state index contributed by atoms with van der Waals surface area (Å²) < 4.78 is 7.38. The Bertz CT molecular complexity index is 519. The lowest BCUT2D eigenvalue weighted by Crippen LogP contribution is -1.99. The largest absolute Gasteiger partial charge is 0.494 e. The molecule has 0 amide bonds. The fraction of sp³-hybridized carbons (Fsp3) is 0.429. The number of nitrogens with zero attached hydrogens (tertiary/aromatic N) is 3. The van der Waals surface area contributed by atoms with Crippen molar-refractivity contribution >= 4 is 0 Å². The van der Waals surface area contributed by atoms with Gasteiger partial charge in [0.15, 0.2) is 11.6 Å². The normalized spacial score (nSPS) is 10.7. The minimum absolute atomic E-state index is 0.353. The van der Waals surface area contributed by atoms with Gasteiger partial charge in [-0.2, -0.15) is 5.10 Å². The monoisotopic (exact) mass is 260 g/mol. The molecule has 0 fully saturated rings. The van der Waals surface area contributed by atoms with Crippen LogP contribution in [0.15, 0.2) is 24.3 Å².